The van der Waals surface area contributed by atoms with Crippen LogP contribution in [0.2, 0.25) is 0 Å². The first-order valence-corrected chi connectivity index (χ1v) is 12.3. The number of nitrogens with one attached hydrogen (secondary N) is 4. The van der Waals surface area contributed by atoms with Crippen molar-refractivity contribution in [1.82, 2.24) is 21.3 Å². The maximum absolute atomic E-state index is 12.9. The zero-order valence-corrected chi connectivity index (χ0v) is 19.8. The van der Waals surface area contributed by atoms with Crippen LogP contribution in [-0.4, -0.2) is 88.5 Å². The molecule has 0 spiro atoms. The molecule has 1 fully saturated rings. The molecule has 0 bridgehead atoms. The van der Waals surface area contributed by atoms with Crippen LogP contribution in [0.4, 0.5) is 0 Å². The summed E-state index contributed by atoms with van der Waals surface area (Å²) in [7, 11) is 0. The Labute approximate surface area is 201 Å². The summed E-state index contributed by atoms with van der Waals surface area (Å²) in [5.74, 6) is -4.81. The molecule has 14 heteroatoms. The summed E-state index contributed by atoms with van der Waals surface area (Å²) in [5, 5.41) is 28.6. The number of hydrogen-bond donors (Lipinski definition) is 7. The molecular formula is C20H33N5O8S. The van der Waals surface area contributed by atoms with Crippen molar-refractivity contribution in [2.75, 3.05) is 18.6 Å². The molecule has 4 atom stereocenters. The van der Waals surface area contributed by atoms with Crippen LogP contribution in [0.3, 0.4) is 0 Å². The molecule has 13 nitrogen and oxygen atoms in total. The summed E-state index contributed by atoms with van der Waals surface area (Å²) in [6.07, 6.45) is 2.16. The standard InChI is InChI=1S/C20H33N5O8S/c1-34-10-8-14(20(32)33)25-19(31)12(4-6-15(21)26)24-18(30)13(5-7-16(27)28)23-17(29)11-3-2-9-22-11/h11-14,22H,2-10H2,1H3,(H2,21,26)(H,23,29)(H,24,30)(H,25,31)(H,27,28)(H,32,33). The molecule has 1 aliphatic rings. The van der Waals surface area contributed by atoms with Crippen LogP contribution in [0.1, 0.15) is 44.9 Å². The second kappa shape index (κ2) is 15.1. The first-order valence-electron chi connectivity index (χ1n) is 10.9. The predicted octanol–water partition coefficient (Wildman–Crippen LogP) is -1.84. The summed E-state index contributed by atoms with van der Waals surface area (Å²) in [5.41, 5.74) is 5.15. The molecule has 0 radical (unpaired) electrons. The van der Waals surface area contributed by atoms with Gasteiger partial charge in [-0.1, -0.05) is 0 Å². The van der Waals surface area contributed by atoms with Gasteiger partial charge in [0.15, 0.2) is 0 Å². The Morgan fingerprint density at radius 3 is 2.03 bits per heavy atom. The van der Waals surface area contributed by atoms with Gasteiger partial charge in [-0.2, -0.15) is 11.8 Å². The third-order valence-corrected chi connectivity index (χ3v) is 5.84. The third-order valence-electron chi connectivity index (χ3n) is 5.19. The van der Waals surface area contributed by atoms with Crippen molar-refractivity contribution in [3.63, 3.8) is 0 Å². The second-order valence-electron chi connectivity index (χ2n) is 7.89. The molecule has 1 saturated heterocycles. The number of primary amides is 1. The van der Waals surface area contributed by atoms with E-state index in [9.17, 15) is 33.9 Å². The van der Waals surface area contributed by atoms with Gasteiger partial charge < -0.3 is 37.2 Å². The average Bonchev–Trinajstić information content (AvgIpc) is 3.31. The van der Waals surface area contributed by atoms with Crippen LogP contribution >= 0.6 is 11.8 Å². The molecular weight excluding hydrogens is 470 g/mol. The number of aliphatic carboxylic acids is 2. The Morgan fingerprint density at radius 1 is 0.941 bits per heavy atom. The van der Waals surface area contributed by atoms with Gasteiger partial charge in [0.05, 0.1) is 6.04 Å². The molecule has 0 aromatic carbocycles. The maximum Gasteiger partial charge on any atom is 0.326 e. The van der Waals surface area contributed by atoms with Gasteiger partial charge in [0, 0.05) is 12.8 Å². The Kier molecular flexibility index (Phi) is 13.0. The first-order chi connectivity index (χ1) is 16.0. The fraction of sp³-hybridized carbons (Fsp3) is 0.700. The van der Waals surface area contributed by atoms with E-state index >= 15 is 0 Å². The van der Waals surface area contributed by atoms with Gasteiger partial charge >= 0.3 is 11.9 Å². The zero-order chi connectivity index (χ0) is 25.7. The number of rotatable bonds is 16. The van der Waals surface area contributed by atoms with Gasteiger partial charge in [0.25, 0.3) is 0 Å². The Balaban J connectivity index is 2.95. The van der Waals surface area contributed by atoms with Crippen molar-refractivity contribution in [2.45, 2.75) is 69.1 Å². The number of amides is 4. The van der Waals surface area contributed by atoms with E-state index in [1.54, 1.807) is 6.26 Å². The minimum absolute atomic E-state index is 0.143. The maximum atomic E-state index is 12.9. The lowest BCUT2D eigenvalue weighted by Crippen LogP contribution is -2.57. The van der Waals surface area contributed by atoms with Crippen LogP contribution in [0.15, 0.2) is 0 Å². The van der Waals surface area contributed by atoms with Crippen LogP contribution in [0.25, 0.3) is 0 Å². The van der Waals surface area contributed by atoms with Gasteiger partial charge in [-0.15, -0.1) is 0 Å². The third kappa shape index (κ3) is 10.8. The monoisotopic (exact) mass is 503 g/mol. The SMILES string of the molecule is CSCCC(NC(=O)C(CCC(N)=O)NC(=O)C(CCC(=O)O)NC(=O)C1CCCN1)C(=O)O. The van der Waals surface area contributed by atoms with Gasteiger partial charge in [0.1, 0.15) is 18.1 Å². The molecule has 0 aromatic rings. The lowest BCUT2D eigenvalue weighted by molar-refractivity contribution is -0.142. The molecule has 1 aliphatic heterocycles. The number of carboxylic acid groups (broad SMARTS) is 2. The first kappa shape index (κ1) is 29.2. The molecule has 1 heterocycles. The van der Waals surface area contributed by atoms with Gasteiger partial charge in [0.2, 0.25) is 23.6 Å². The summed E-state index contributed by atoms with van der Waals surface area (Å²) >= 11 is 1.40. The van der Waals surface area contributed by atoms with Crippen LogP contribution in [0.5, 0.6) is 0 Å². The number of thioether (sulfide) groups is 1. The largest absolute Gasteiger partial charge is 0.481 e. The highest BCUT2D eigenvalue weighted by molar-refractivity contribution is 7.98. The number of carbonyl (C=O) groups is 6. The smallest absolute Gasteiger partial charge is 0.326 e. The minimum Gasteiger partial charge on any atom is -0.481 e. The Hall–Kier alpha value is -2.87. The van der Waals surface area contributed by atoms with Crippen molar-refractivity contribution in [2.24, 2.45) is 5.73 Å². The van der Waals surface area contributed by atoms with E-state index in [1.165, 1.54) is 11.8 Å². The van der Waals surface area contributed by atoms with E-state index in [1.807, 2.05) is 0 Å². The van der Waals surface area contributed by atoms with Crippen molar-refractivity contribution in [3.8, 4) is 0 Å². The van der Waals surface area contributed by atoms with Gasteiger partial charge in [-0.3, -0.25) is 24.0 Å². The molecule has 0 aromatic heterocycles. The lowest BCUT2D eigenvalue weighted by atomic mass is 10.1. The van der Waals surface area contributed by atoms with Crippen molar-refractivity contribution in [1.29, 1.82) is 0 Å². The number of nitrogens with two attached hydrogens (primary N) is 1. The minimum atomic E-state index is -1.31. The molecule has 192 valence electrons. The van der Waals surface area contributed by atoms with E-state index in [-0.39, 0.29) is 25.7 Å². The molecule has 0 saturated carbocycles. The lowest BCUT2D eigenvalue weighted by Gasteiger charge is -2.25. The highest BCUT2D eigenvalue weighted by Crippen LogP contribution is 2.08. The predicted molar refractivity (Wildman–Crippen MR) is 123 cm³/mol. The summed E-state index contributed by atoms with van der Waals surface area (Å²) in [6, 6.07) is -4.28. The molecule has 4 unspecified atom stereocenters. The highest BCUT2D eigenvalue weighted by Gasteiger charge is 2.31. The fourth-order valence-corrected chi connectivity index (χ4v) is 3.78. The Bertz CT molecular complexity index is 759. The van der Waals surface area contributed by atoms with Crippen molar-refractivity contribution < 1.29 is 39.0 Å². The highest BCUT2D eigenvalue weighted by atomic mass is 32.2. The number of hydrogen-bond acceptors (Lipinski definition) is 8. The number of carboxylic acids is 2. The Morgan fingerprint density at radius 2 is 1.53 bits per heavy atom. The van der Waals surface area contributed by atoms with E-state index in [4.69, 9.17) is 10.8 Å². The van der Waals surface area contributed by atoms with Gasteiger partial charge in [-0.25, -0.2) is 4.79 Å². The van der Waals surface area contributed by atoms with Crippen LogP contribution in [0, 0.1) is 0 Å². The van der Waals surface area contributed by atoms with Crippen LogP contribution < -0.4 is 27.0 Å². The average molecular weight is 504 g/mol. The van der Waals surface area contributed by atoms with Crippen molar-refractivity contribution in [3.05, 3.63) is 0 Å². The van der Waals surface area contributed by atoms with Crippen LogP contribution in [-0.2, 0) is 28.8 Å². The summed E-state index contributed by atoms with van der Waals surface area (Å²) in [4.78, 5) is 71.8. The van der Waals surface area contributed by atoms with Crippen molar-refractivity contribution >= 4 is 47.3 Å². The zero-order valence-electron chi connectivity index (χ0n) is 19.0. The molecule has 1 rings (SSSR count). The molecule has 0 aliphatic carbocycles. The molecule has 34 heavy (non-hydrogen) atoms. The van der Waals surface area contributed by atoms with E-state index in [0.717, 1.165) is 6.42 Å². The molecule has 4 amide bonds. The number of carbonyl (C=O) groups excluding carboxylic acids is 4. The van der Waals surface area contributed by atoms with E-state index in [0.29, 0.717) is 18.7 Å². The van der Waals surface area contributed by atoms with Gasteiger partial charge in [-0.05, 0) is 50.7 Å². The normalized spacial score (nSPS) is 17.7. The van der Waals surface area contributed by atoms with E-state index < -0.39 is 66.2 Å². The van der Waals surface area contributed by atoms with E-state index in [2.05, 4.69) is 21.3 Å². The topological polar surface area (TPSA) is 217 Å². The second-order valence-corrected chi connectivity index (χ2v) is 8.88. The molecule has 8 N–H and O–H groups in total. The summed E-state index contributed by atoms with van der Waals surface area (Å²) in [6.45, 7) is 0.640. The summed E-state index contributed by atoms with van der Waals surface area (Å²) < 4.78 is 0. The fourth-order valence-electron chi connectivity index (χ4n) is 3.31. The quantitative estimate of drug-likeness (QED) is 0.125.